The van der Waals surface area contributed by atoms with Crippen LogP contribution in [0.3, 0.4) is 0 Å². The van der Waals surface area contributed by atoms with E-state index in [1.807, 2.05) is 4.90 Å². The molecule has 1 N–H and O–H groups in total. The first kappa shape index (κ1) is 18.2. The summed E-state index contributed by atoms with van der Waals surface area (Å²) >= 11 is 0. The van der Waals surface area contributed by atoms with Crippen molar-refractivity contribution in [3.8, 4) is 0 Å². The Morgan fingerprint density at radius 2 is 2.04 bits per heavy atom. The van der Waals surface area contributed by atoms with Crippen molar-refractivity contribution in [1.82, 2.24) is 9.80 Å². The van der Waals surface area contributed by atoms with E-state index < -0.39 is 17.7 Å². The zero-order chi connectivity index (χ0) is 19.0. The summed E-state index contributed by atoms with van der Waals surface area (Å²) < 4.78 is 27.2. The zero-order valence-corrected chi connectivity index (χ0v) is 15.3. The van der Waals surface area contributed by atoms with Crippen LogP contribution in [-0.2, 0) is 4.79 Å². The number of halogens is 2. The number of hydrogen-bond donors (Lipinski definition) is 1. The molecule has 3 amide bonds. The Hall–Kier alpha value is -2.18. The molecule has 1 spiro atoms. The van der Waals surface area contributed by atoms with Gasteiger partial charge in [0.2, 0.25) is 5.91 Å². The minimum atomic E-state index is -0.657. The number of hydrogen-bond acceptors (Lipinski definition) is 2. The first-order valence-corrected chi connectivity index (χ1v) is 9.73. The second kappa shape index (κ2) is 7.09. The summed E-state index contributed by atoms with van der Waals surface area (Å²) in [6.45, 7) is 2.66. The van der Waals surface area contributed by atoms with Crippen molar-refractivity contribution in [2.45, 2.75) is 38.5 Å². The molecule has 1 saturated carbocycles. The number of nitrogens with zero attached hydrogens (tertiary/aromatic N) is 2. The number of urea groups is 1. The Morgan fingerprint density at radius 3 is 2.81 bits per heavy atom. The van der Waals surface area contributed by atoms with Crippen molar-refractivity contribution in [2.75, 3.05) is 31.5 Å². The third-order valence-corrected chi connectivity index (χ3v) is 6.04. The number of piperidine rings is 2. The van der Waals surface area contributed by atoms with Crippen LogP contribution in [0.1, 0.15) is 38.5 Å². The molecule has 1 atom stereocenters. The summed E-state index contributed by atoms with van der Waals surface area (Å²) in [7, 11) is 0. The second-order valence-electron chi connectivity index (χ2n) is 8.30. The van der Waals surface area contributed by atoms with Gasteiger partial charge in [-0.15, -0.1) is 0 Å². The van der Waals surface area contributed by atoms with E-state index >= 15 is 0 Å². The van der Waals surface area contributed by atoms with Crippen LogP contribution in [-0.4, -0.2) is 47.9 Å². The van der Waals surface area contributed by atoms with Gasteiger partial charge in [-0.1, -0.05) is 0 Å². The first-order valence-electron chi connectivity index (χ1n) is 9.73. The highest BCUT2D eigenvalue weighted by Crippen LogP contribution is 2.40. The monoisotopic (exact) mass is 377 g/mol. The Labute approximate surface area is 157 Å². The standard InChI is InChI=1S/C20H25F2N3O2/c21-15-4-5-16(22)17(10-15)23-19(27)24-9-1-7-20(12-24)8-6-18(26)25(13-20)11-14-2-3-14/h4-5,10,14H,1-3,6-9,11-13H2,(H,23,27). The Balaban J connectivity index is 1.43. The minimum Gasteiger partial charge on any atom is -0.342 e. The van der Waals surface area contributed by atoms with Gasteiger partial charge in [-0.25, -0.2) is 13.6 Å². The predicted molar refractivity (Wildman–Crippen MR) is 97.2 cm³/mol. The molecule has 0 bridgehead atoms. The van der Waals surface area contributed by atoms with E-state index in [4.69, 9.17) is 0 Å². The maximum Gasteiger partial charge on any atom is 0.321 e. The van der Waals surface area contributed by atoms with E-state index in [0.717, 1.165) is 44.0 Å². The van der Waals surface area contributed by atoms with Gasteiger partial charge < -0.3 is 15.1 Å². The number of likely N-dealkylation sites (tertiary alicyclic amines) is 2. The van der Waals surface area contributed by atoms with Gasteiger partial charge in [0.1, 0.15) is 11.6 Å². The van der Waals surface area contributed by atoms with Gasteiger partial charge in [0, 0.05) is 44.1 Å². The maximum absolute atomic E-state index is 13.8. The molecule has 27 heavy (non-hydrogen) atoms. The average molecular weight is 377 g/mol. The van der Waals surface area contributed by atoms with E-state index in [0.29, 0.717) is 32.0 Å². The molecule has 1 aromatic carbocycles. The van der Waals surface area contributed by atoms with Gasteiger partial charge >= 0.3 is 6.03 Å². The fourth-order valence-electron chi connectivity index (χ4n) is 4.38. The molecular formula is C20H25F2N3O2. The Morgan fingerprint density at radius 1 is 1.22 bits per heavy atom. The molecule has 1 aromatic rings. The molecule has 5 nitrogen and oxygen atoms in total. The molecule has 4 rings (SSSR count). The molecule has 1 aliphatic carbocycles. The summed E-state index contributed by atoms with van der Waals surface area (Å²) in [5.41, 5.74) is -0.229. The second-order valence-corrected chi connectivity index (χ2v) is 8.30. The molecule has 3 fully saturated rings. The largest absolute Gasteiger partial charge is 0.342 e. The molecular weight excluding hydrogens is 352 g/mol. The molecule has 0 radical (unpaired) electrons. The summed E-state index contributed by atoms with van der Waals surface area (Å²) in [6, 6.07) is 2.60. The van der Waals surface area contributed by atoms with Gasteiger partial charge in [-0.05, 0) is 50.2 Å². The molecule has 1 unspecified atom stereocenters. The summed E-state index contributed by atoms with van der Waals surface area (Å²) in [6.07, 6.45) is 5.55. The maximum atomic E-state index is 13.8. The molecule has 2 aliphatic heterocycles. The topological polar surface area (TPSA) is 52.7 Å². The van der Waals surface area contributed by atoms with Crippen LogP contribution in [0.2, 0.25) is 0 Å². The number of rotatable bonds is 3. The third kappa shape index (κ3) is 4.06. The fraction of sp³-hybridized carbons (Fsp3) is 0.600. The van der Waals surface area contributed by atoms with Gasteiger partial charge in [-0.3, -0.25) is 4.79 Å². The van der Waals surface area contributed by atoms with Crippen molar-refractivity contribution in [3.63, 3.8) is 0 Å². The van der Waals surface area contributed by atoms with E-state index in [2.05, 4.69) is 5.32 Å². The fourth-order valence-corrected chi connectivity index (χ4v) is 4.38. The van der Waals surface area contributed by atoms with Gasteiger partial charge in [0.25, 0.3) is 0 Å². The summed E-state index contributed by atoms with van der Waals surface area (Å²) in [4.78, 5) is 28.6. The number of nitrogens with one attached hydrogen (secondary N) is 1. The zero-order valence-electron chi connectivity index (χ0n) is 15.3. The highest BCUT2D eigenvalue weighted by Gasteiger charge is 2.43. The lowest BCUT2D eigenvalue weighted by molar-refractivity contribution is -0.139. The first-order chi connectivity index (χ1) is 12.9. The SMILES string of the molecule is O=C1CCC2(CCCN(C(=O)Nc3cc(F)ccc3F)C2)CN1CC1CC1. The van der Waals surface area contributed by atoms with Crippen LogP contribution in [0.4, 0.5) is 19.3 Å². The van der Waals surface area contributed by atoms with Crippen LogP contribution in [0.25, 0.3) is 0 Å². The quantitative estimate of drug-likeness (QED) is 0.875. The van der Waals surface area contributed by atoms with Crippen LogP contribution < -0.4 is 5.32 Å². The number of carbonyl (C=O) groups is 2. The Bertz CT molecular complexity index is 753. The van der Waals surface area contributed by atoms with Crippen molar-refractivity contribution < 1.29 is 18.4 Å². The number of anilines is 1. The van der Waals surface area contributed by atoms with Gasteiger partial charge in [0.15, 0.2) is 0 Å². The van der Waals surface area contributed by atoms with Crippen molar-refractivity contribution in [3.05, 3.63) is 29.8 Å². The number of amides is 3. The predicted octanol–water partition coefficient (Wildman–Crippen LogP) is 3.61. The third-order valence-electron chi connectivity index (χ3n) is 6.04. The average Bonchev–Trinajstić information content (AvgIpc) is 3.46. The van der Waals surface area contributed by atoms with Crippen LogP contribution in [0.15, 0.2) is 18.2 Å². The molecule has 2 heterocycles. The highest BCUT2D eigenvalue weighted by atomic mass is 19.1. The van der Waals surface area contributed by atoms with Crippen molar-refractivity contribution in [2.24, 2.45) is 11.3 Å². The van der Waals surface area contributed by atoms with Gasteiger partial charge in [0.05, 0.1) is 5.69 Å². The lowest BCUT2D eigenvalue weighted by Crippen LogP contribution is -2.56. The van der Waals surface area contributed by atoms with E-state index in [1.165, 1.54) is 12.8 Å². The molecule has 2 saturated heterocycles. The molecule has 146 valence electrons. The molecule has 7 heteroatoms. The summed E-state index contributed by atoms with van der Waals surface area (Å²) in [5.74, 6) is -0.391. The number of benzene rings is 1. The van der Waals surface area contributed by atoms with E-state index in [1.54, 1.807) is 4.90 Å². The molecule has 0 aromatic heterocycles. The normalized spacial score (nSPS) is 25.8. The van der Waals surface area contributed by atoms with Crippen LogP contribution >= 0.6 is 0 Å². The van der Waals surface area contributed by atoms with Crippen molar-refractivity contribution in [1.29, 1.82) is 0 Å². The summed E-state index contributed by atoms with van der Waals surface area (Å²) in [5, 5.41) is 2.50. The Kier molecular flexibility index (Phi) is 4.78. The lowest BCUT2D eigenvalue weighted by Gasteiger charge is -2.48. The van der Waals surface area contributed by atoms with Gasteiger partial charge in [-0.2, -0.15) is 0 Å². The number of carbonyl (C=O) groups excluding carboxylic acids is 2. The van der Waals surface area contributed by atoms with E-state index in [-0.39, 0.29) is 17.0 Å². The smallest absolute Gasteiger partial charge is 0.321 e. The highest BCUT2D eigenvalue weighted by molar-refractivity contribution is 5.89. The van der Waals surface area contributed by atoms with Crippen LogP contribution in [0.5, 0.6) is 0 Å². The lowest BCUT2D eigenvalue weighted by atomic mass is 9.73. The minimum absolute atomic E-state index is 0.0845. The van der Waals surface area contributed by atoms with E-state index in [9.17, 15) is 18.4 Å². The van der Waals surface area contributed by atoms with Crippen LogP contribution in [0, 0.1) is 23.0 Å². The molecule has 3 aliphatic rings. The van der Waals surface area contributed by atoms with Crippen molar-refractivity contribution >= 4 is 17.6 Å².